The van der Waals surface area contributed by atoms with E-state index in [9.17, 15) is 23.3 Å². The predicted octanol–water partition coefficient (Wildman–Crippen LogP) is 6.48. The number of hydrogen-bond acceptors (Lipinski definition) is 6. The van der Waals surface area contributed by atoms with Crippen LogP contribution in [0, 0.1) is 24.0 Å². The highest BCUT2D eigenvalue weighted by Gasteiger charge is 2.24. The Morgan fingerprint density at radius 2 is 1.55 bits per heavy atom. The van der Waals surface area contributed by atoms with Gasteiger partial charge in [0, 0.05) is 22.7 Å². The van der Waals surface area contributed by atoms with Gasteiger partial charge < -0.3 is 5.32 Å². The molecule has 0 bridgehead atoms. The highest BCUT2D eigenvalue weighted by atomic mass is 32.2. The van der Waals surface area contributed by atoms with Crippen LogP contribution < -0.4 is 10.0 Å². The molecule has 10 heteroatoms. The van der Waals surface area contributed by atoms with E-state index in [0.29, 0.717) is 16.9 Å². The highest BCUT2D eigenvalue weighted by molar-refractivity contribution is 8.00. The van der Waals surface area contributed by atoms with E-state index >= 15 is 0 Å². The van der Waals surface area contributed by atoms with Gasteiger partial charge in [0.15, 0.2) is 0 Å². The highest BCUT2D eigenvalue weighted by Crippen LogP contribution is 2.37. The maximum atomic E-state index is 13.4. The molecule has 0 aliphatic carbocycles. The number of benzene rings is 4. The Kier molecular flexibility index (Phi) is 8.13. The Morgan fingerprint density at radius 3 is 2.18 bits per heavy atom. The lowest BCUT2D eigenvalue weighted by Gasteiger charge is -2.18. The summed E-state index contributed by atoms with van der Waals surface area (Å²) in [7, 11) is -3.74. The number of sulfonamides is 1. The van der Waals surface area contributed by atoms with Crippen molar-refractivity contribution < 1.29 is 18.1 Å². The number of non-ortho nitro benzene ring substituents is 1. The summed E-state index contributed by atoms with van der Waals surface area (Å²) in [6.45, 7) is 3.65. The number of aryl methyl sites for hydroxylation is 2. The number of thioether (sulfide) groups is 1. The molecule has 4 aromatic rings. The summed E-state index contributed by atoms with van der Waals surface area (Å²) >= 11 is 1.29. The summed E-state index contributed by atoms with van der Waals surface area (Å²) in [5, 5.41) is 13.4. The van der Waals surface area contributed by atoms with Crippen molar-refractivity contribution in [2.45, 2.75) is 28.9 Å². The number of nitrogens with one attached hydrogen (secondary N) is 2. The third kappa shape index (κ3) is 6.58. The van der Waals surface area contributed by atoms with Crippen molar-refractivity contribution in [1.82, 2.24) is 0 Å². The molecule has 0 spiro atoms. The Labute approximate surface area is 225 Å². The Bertz CT molecular complexity index is 1560. The molecule has 194 valence electrons. The fraction of sp³-hybridized carbons (Fsp3) is 0.107. The van der Waals surface area contributed by atoms with E-state index in [0.717, 1.165) is 16.0 Å². The summed E-state index contributed by atoms with van der Waals surface area (Å²) in [6.07, 6.45) is 0. The number of amides is 1. The molecule has 0 aliphatic rings. The van der Waals surface area contributed by atoms with Gasteiger partial charge in [-0.2, -0.15) is 0 Å². The third-order valence-corrected chi connectivity index (χ3v) is 8.39. The van der Waals surface area contributed by atoms with Gasteiger partial charge in [0.1, 0.15) is 5.25 Å². The predicted molar refractivity (Wildman–Crippen MR) is 150 cm³/mol. The molecule has 4 aromatic carbocycles. The smallest absolute Gasteiger partial charge is 0.271 e. The largest absolute Gasteiger partial charge is 0.324 e. The summed E-state index contributed by atoms with van der Waals surface area (Å²) < 4.78 is 28.0. The molecule has 0 fully saturated rings. The summed E-state index contributed by atoms with van der Waals surface area (Å²) in [5.74, 6) is -0.339. The molecule has 0 saturated heterocycles. The van der Waals surface area contributed by atoms with Gasteiger partial charge in [-0.1, -0.05) is 54.1 Å². The Hall–Kier alpha value is -4.15. The van der Waals surface area contributed by atoms with Crippen molar-refractivity contribution in [3.63, 3.8) is 0 Å². The topological polar surface area (TPSA) is 118 Å². The minimum Gasteiger partial charge on any atom is -0.324 e. The lowest BCUT2D eigenvalue weighted by atomic mass is 10.1. The summed E-state index contributed by atoms with van der Waals surface area (Å²) in [6, 6.07) is 26.8. The molecule has 38 heavy (non-hydrogen) atoms. The molecule has 0 aromatic heterocycles. The molecule has 1 amide bonds. The molecular formula is C28H25N3O5S2. The monoisotopic (exact) mass is 547 g/mol. The maximum Gasteiger partial charge on any atom is 0.271 e. The number of nitrogens with zero attached hydrogens (tertiary/aromatic N) is 1. The number of nitro benzene ring substituents is 1. The summed E-state index contributed by atoms with van der Waals surface area (Å²) in [4.78, 5) is 25.0. The summed E-state index contributed by atoms with van der Waals surface area (Å²) in [5.41, 5.74) is 3.06. The van der Waals surface area contributed by atoms with Crippen LogP contribution in [0.3, 0.4) is 0 Å². The number of carbonyl (C=O) groups excluding carboxylic acids is 1. The van der Waals surface area contributed by atoms with Crippen LogP contribution in [0.15, 0.2) is 107 Å². The van der Waals surface area contributed by atoms with Crippen molar-refractivity contribution in [2.75, 3.05) is 10.0 Å². The number of anilines is 2. The average molecular weight is 548 g/mol. The second-order valence-electron chi connectivity index (χ2n) is 8.60. The van der Waals surface area contributed by atoms with Gasteiger partial charge in [0.05, 0.1) is 15.5 Å². The zero-order valence-corrected chi connectivity index (χ0v) is 22.3. The van der Waals surface area contributed by atoms with Crippen molar-refractivity contribution in [3.8, 4) is 0 Å². The van der Waals surface area contributed by atoms with Crippen LogP contribution in [0.2, 0.25) is 0 Å². The maximum absolute atomic E-state index is 13.4. The van der Waals surface area contributed by atoms with Crippen molar-refractivity contribution in [1.29, 1.82) is 0 Å². The SMILES string of the molecule is Cc1ccc(S(=O)(=O)Nc2ccc(SC(C(=O)Nc3cc([N+](=O)[O-])ccc3C)c3ccccc3)cc2)cc1. The first-order valence-electron chi connectivity index (χ1n) is 11.6. The van der Waals surface area contributed by atoms with Gasteiger partial charge in [-0.25, -0.2) is 8.42 Å². The van der Waals surface area contributed by atoms with Gasteiger partial charge >= 0.3 is 0 Å². The van der Waals surface area contributed by atoms with Crippen LogP contribution in [0.25, 0.3) is 0 Å². The fourth-order valence-corrected chi connectivity index (χ4v) is 5.71. The van der Waals surface area contributed by atoms with E-state index < -0.39 is 20.2 Å². The van der Waals surface area contributed by atoms with Crippen molar-refractivity contribution in [3.05, 3.63) is 124 Å². The molecule has 0 aliphatic heterocycles. The lowest BCUT2D eigenvalue weighted by molar-refractivity contribution is -0.384. The van der Waals surface area contributed by atoms with Gasteiger partial charge in [-0.3, -0.25) is 19.6 Å². The van der Waals surface area contributed by atoms with Crippen LogP contribution in [0.5, 0.6) is 0 Å². The molecule has 0 saturated carbocycles. The first-order chi connectivity index (χ1) is 18.1. The average Bonchev–Trinajstić information content (AvgIpc) is 2.90. The van der Waals surface area contributed by atoms with Crippen LogP contribution in [0.4, 0.5) is 17.1 Å². The number of rotatable bonds is 9. The molecule has 0 radical (unpaired) electrons. The van der Waals surface area contributed by atoms with Gasteiger partial charge in [-0.05, 0) is 61.4 Å². The molecule has 8 nitrogen and oxygen atoms in total. The molecular weight excluding hydrogens is 522 g/mol. The quantitative estimate of drug-likeness (QED) is 0.141. The molecule has 1 atom stereocenters. The van der Waals surface area contributed by atoms with Gasteiger partial charge in [0.25, 0.3) is 15.7 Å². The standard InChI is InChI=1S/C28H25N3O5S2/c1-19-8-16-25(17-9-19)38(35,36)30-22-11-14-24(15-12-22)37-27(21-6-4-3-5-7-21)28(32)29-26-18-23(31(33)34)13-10-20(26)2/h3-18,27,30H,1-2H3,(H,29,32). The first kappa shape index (κ1) is 26.9. The number of carbonyl (C=O) groups is 1. The van der Waals surface area contributed by atoms with E-state index in [1.807, 2.05) is 37.3 Å². The van der Waals surface area contributed by atoms with E-state index in [4.69, 9.17) is 0 Å². The van der Waals surface area contributed by atoms with E-state index in [1.165, 1.54) is 23.9 Å². The molecule has 1 unspecified atom stereocenters. The zero-order valence-electron chi connectivity index (χ0n) is 20.6. The van der Waals surface area contributed by atoms with E-state index in [-0.39, 0.29) is 16.5 Å². The van der Waals surface area contributed by atoms with Crippen LogP contribution >= 0.6 is 11.8 Å². The Balaban J connectivity index is 1.54. The zero-order chi connectivity index (χ0) is 27.3. The normalized spacial score (nSPS) is 11.9. The number of nitro groups is 1. The fourth-order valence-electron chi connectivity index (χ4n) is 3.63. The van der Waals surface area contributed by atoms with Crippen LogP contribution in [-0.2, 0) is 14.8 Å². The molecule has 4 rings (SSSR count). The van der Waals surface area contributed by atoms with Gasteiger partial charge in [-0.15, -0.1) is 11.8 Å². The van der Waals surface area contributed by atoms with E-state index in [1.54, 1.807) is 61.5 Å². The van der Waals surface area contributed by atoms with Crippen molar-refractivity contribution in [2.24, 2.45) is 0 Å². The Morgan fingerprint density at radius 1 is 0.895 bits per heavy atom. The minimum absolute atomic E-state index is 0.113. The molecule has 0 heterocycles. The van der Waals surface area contributed by atoms with Gasteiger partial charge in [0.2, 0.25) is 5.91 Å². The van der Waals surface area contributed by atoms with E-state index in [2.05, 4.69) is 10.0 Å². The first-order valence-corrected chi connectivity index (χ1v) is 14.0. The third-order valence-electron chi connectivity index (χ3n) is 5.72. The minimum atomic E-state index is -3.74. The second-order valence-corrected chi connectivity index (χ2v) is 11.5. The lowest BCUT2D eigenvalue weighted by Crippen LogP contribution is -2.19. The van der Waals surface area contributed by atoms with Crippen LogP contribution in [-0.4, -0.2) is 19.2 Å². The second kappa shape index (κ2) is 11.5. The number of hydrogen-bond donors (Lipinski definition) is 2. The molecule has 2 N–H and O–H groups in total. The van der Waals surface area contributed by atoms with Crippen LogP contribution in [0.1, 0.15) is 21.9 Å². The van der Waals surface area contributed by atoms with Crippen molar-refractivity contribution >= 4 is 44.8 Å².